The van der Waals surface area contributed by atoms with E-state index in [9.17, 15) is 19.7 Å². The van der Waals surface area contributed by atoms with Crippen LogP contribution in [0.15, 0.2) is 71.6 Å². The monoisotopic (exact) mass is 481 g/mol. The van der Waals surface area contributed by atoms with Crippen LogP contribution in [0.1, 0.15) is 17.3 Å². The zero-order chi connectivity index (χ0) is 24.7. The number of thioether (sulfide) groups is 1. The van der Waals surface area contributed by atoms with Gasteiger partial charge in [0.2, 0.25) is 5.91 Å². The maximum absolute atomic E-state index is 12.6. The predicted octanol–water partition coefficient (Wildman–Crippen LogP) is 4.98. The van der Waals surface area contributed by atoms with Gasteiger partial charge in [-0.05, 0) is 43.3 Å². The molecule has 3 aromatic carbocycles. The molecule has 0 radical (unpaired) electrons. The average molecular weight is 482 g/mol. The van der Waals surface area contributed by atoms with Gasteiger partial charge in [0.1, 0.15) is 11.5 Å². The van der Waals surface area contributed by atoms with Crippen molar-refractivity contribution in [2.75, 3.05) is 24.9 Å². The number of ether oxygens (including phenoxy) is 2. The zero-order valence-corrected chi connectivity index (χ0v) is 19.5. The van der Waals surface area contributed by atoms with Crippen LogP contribution in [0.4, 0.5) is 17.1 Å². The Morgan fingerprint density at radius 3 is 2.00 bits per heavy atom. The minimum Gasteiger partial charge on any atom is -0.497 e. The average Bonchev–Trinajstić information content (AvgIpc) is 2.84. The summed E-state index contributed by atoms with van der Waals surface area (Å²) < 4.78 is 10.4. The second kappa shape index (κ2) is 11.2. The molecule has 0 fully saturated rings. The summed E-state index contributed by atoms with van der Waals surface area (Å²) in [6, 6.07) is 17.5. The minimum absolute atomic E-state index is 0.0818. The molecular formula is C24H23N3O6S. The molecule has 0 aliphatic rings. The fourth-order valence-electron chi connectivity index (χ4n) is 2.94. The summed E-state index contributed by atoms with van der Waals surface area (Å²) in [5, 5.41) is 15.9. The van der Waals surface area contributed by atoms with Crippen molar-refractivity contribution in [1.29, 1.82) is 0 Å². The highest BCUT2D eigenvalue weighted by Gasteiger charge is 2.16. The SMILES string of the molecule is COc1cc(NC(=O)C(C)Sc2ccc(NC(=O)c3ccc([N+](=O)[O-])cc3)cc2)cc(OC)c1. The van der Waals surface area contributed by atoms with Crippen LogP contribution < -0.4 is 20.1 Å². The van der Waals surface area contributed by atoms with Crippen molar-refractivity contribution in [1.82, 2.24) is 0 Å². The second-order valence-electron chi connectivity index (χ2n) is 7.13. The van der Waals surface area contributed by atoms with E-state index in [4.69, 9.17) is 9.47 Å². The minimum atomic E-state index is -0.521. The summed E-state index contributed by atoms with van der Waals surface area (Å²) in [6.07, 6.45) is 0. The van der Waals surface area contributed by atoms with Crippen molar-refractivity contribution in [3.05, 3.63) is 82.4 Å². The molecule has 176 valence electrons. The number of benzene rings is 3. The fraction of sp³-hybridized carbons (Fsp3) is 0.167. The molecule has 10 heteroatoms. The molecule has 0 heterocycles. The molecule has 9 nitrogen and oxygen atoms in total. The number of nitrogens with one attached hydrogen (secondary N) is 2. The van der Waals surface area contributed by atoms with Crippen molar-refractivity contribution >= 4 is 40.6 Å². The van der Waals surface area contributed by atoms with E-state index in [1.807, 2.05) is 0 Å². The molecular weight excluding hydrogens is 458 g/mol. The molecule has 2 N–H and O–H groups in total. The molecule has 3 aromatic rings. The summed E-state index contributed by atoms with van der Waals surface area (Å²) in [4.78, 5) is 36.1. The number of methoxy groups -OCH3 is 2. The van der Waals surface area contributed by atoms with Gasteiger partial charge >= 0.3 is 0 Å². The van der Waals surface area contributed by atoms with Gasteiger partial charge in [0, 0.05) is 52.2 Å². The Morgan fingerprint density at radius 2 is 1.47 bits per heavy atom. The number of rotatable bonds is 9. The largest absolute Gasteiger partial charge is 0.497 e. The van der Waals surface area contributed by atoms with Gasteiger partial charge in [-0.1, -0.05) is 0 Å². The number of nitro groups is 1. The van der Waals surface area contributed by atoms with E-state index in [1.165, 1.54) is 50.2 Å². The standard InChI is InChI=1S/C24H23N3O6S/c1-15(23(28)26-18-12-20(32-2)14-21(13-18)33-3)34-22-10-6-17(7-11-22)25-24(29)16-4-8-19(9-5-16)27(30)31/h4-15H,1-3H3,(H,25,29)(H,26,28). The van der Waals surface area contributed by atoms with Crippen LogP contribution in [-0.4, -0.2) is 36.2 Å². The van der Waals surface area contributed by atoms with Crippen molar-refractivity contribution in [3.63, 3.8) is 0 Å². The van der Waals surface area contributed by atoms with Crippen LogP contribution in [0.3, 0.4) is 0 Å². The third kappa shape index (κ3) is 6.48. The maximum Gasteiger partial charge on any atom is 0.269 e. The van der Waals surface area contributed by atoms with Crippen LogP contribution in [0.25, 0.3) is 0 Å². The zero-order valence-electron chi connectivity index (χ0n) is 18.7. The van der Waals surface area contributed by atoms with Gasteiger partial charge in [-0.3, -0.25) is 19.7 Å². The van der Waals surface area contributed by atoms with Gasteiger partial charge < -0.3 is 20.1 Å². The smallest absolute Gasteiger partial charge is 0.269 e. The summed E-state index contributed by atoms with van der Waals surface area (Å²) in [6.45, 7) is 1.79. The number of hydrogen-bond donors (Lipinski definition) is 2. The van der Waals surface area contributed by atoms with Crippen molar-refractivity contribution in [2.45, 2.75) is 17.1 Å². The highest BCUT2D eigenvalue weighted by atomic mass is 32.2. The summed E-state index contributed by atoms with van der Waals surface area (Å²) in [5.74, 6) is 0.579. The van der Waals surface area contributed by atoms with Crippen LogP contribution >= 0.6 is 11.8 Å². The predicted molar refractivity (Wildman–Crippen MR) is 131 cm³/mol. The van der Waals surface area contributed by atoms with Crippen LogP contribution in [0.5, 0.6) is 11.5 Å². The number of non-ortho nitro benzene ring substituents is 1. The second-order valence-corrected chi connectivity index (χ2v) is 8.55. The summed E-state index contributed by atoms with van der Waals surface area (Å²) >= 11 is 1.37. The molecule has 2 amide bonds. The molecule has 0 saturated heterocycles. The van der Waals surface area contributed by atoms with Crippen molar-refractivity contribution < 1.29 is 24.0 Å². The first kappa shape index (κ1) is 24.6. The molecule has 0 aromatic heterocycles. The van der Waals surface area contributed by atoms with E-state index in [0.717, 1.165) is 4.90 Å². The molecule has 0 aliphatic heterocycles. The number of amides is 2. The van der Waals surface area contributed by atoms with Gasteiger partial charge in [-0.15, -0.1) is 11.8 Å². The topological polar surface area (TPSA) is 120 Å². The Kier molecular flexibility index (Phi) is 8.10. The van der Waals surface area contributed by atoms with Crippen molar-refractivity contribution in [3.8, 4) is 11.5 Å². The molecule has 0 bridgehead atoms. The van der Waals surface area contributed by atoms with E-state index in [1.54, 1.807) is 49.4 Å². The third-order valence-corrected chi connectivity index (χ3v) is 5.87. The van der Waals surface area contributed by atoms with E-state index < -0.39 is 10.2 Å². The lowest BCUT2D eigenvalue weighted by molar-refractivity contribution is -0.384. The third-order valence-electron chi connectivity index (χ3n) is 4.75. The lowest BCUT2D eigenvalue weighted by Crippen LogP contribution is -2.22. The lowest BCUT2D eigenvalue weighted by atomic mass is 10.2. The summed E-state index contributed by atoms with van der Waals surface area (Å²) in [7, 11) is 3.08. The normalized spacial score (nSPS) is 11.3. The fourth-order valence-corrected chi connectivity index (χ4v) is 3.80. The van der Waals surface area contributed by atoms with Gasteiger partial charge in [0.05, 0.1) is 24.4 Å². The van der Waals surface area contributed by atoms with Crippen molar-refractivity contribution in [2.24, 2.45) is 0 Å². The first-order chi connectivity index (χ1) is 16.3. The van der Waals surface area contributed by atoms with E-state index in [0.29, 0.717) is 28.4 Å². The molecule has 0 aliphatic carbocycles. The Hall–Kier alpha value is -4.05. The lowest BCUT2D eigenvalue weighted by Gasteiger charge is -2.14. The molecule has 1 atom stereocenters. The van der Waals surface area contributed by atoms with Crippen LogP contribution in [0.2, 0.25) is 0 Å². The number of carbonyl (C=O) groups is 2. The Morgan fingerprint density at radius 1 is 0.882 bits per heavy atom. The highest BCUT2D eigenvalue weighted by molar-refractivity contribution is 8.00. The number of anilines is 2. The van der Waals surface area contributed by atoms with Gasteiger partial charge in [0.15, 0.2) is 0 Å². The number of hydrogen-bond acceptors (Lipinski definition) is 7. The van der Waals surface area contributed by atoms with Gasteiger partial charge in [0.25, 0.3) is 11.6 Å². The number of nitrogens with zero attached hydrogens (tertiary/aromatic N) is 1. The molecule has 1 unspecified atom stereocenters. The van der Waals surface area contributed by atoms with Gasteiger partial charge in [-0.25, -0.2) is 0 Å². The first-order valence-electron chi connectivity index (χ1n) is 10.2. The van der Waals surface area contributed by atoms with E-state index in [-0.39, 0.29) is 17.5 Å². The van der Waals surface area contributed by atoms with E-state index >= 15 is 0 Å². The maximum atomic E-state index is 12.6. The molecule has 34 heavy (non-hydrogen) atoms. The van der Waals surface area contributed by atoms with E-state index in [2.05, 4.69) is 10.6 Å². The number of carbonyl (C=O) groups excluding carboxylic acids is 2. The van der Waals surface area contributed by atoms with Gasteiger partial charge in [-0.2, -0.15) is 0 Å². The molecule has 3 rings (SSSR count). The highest BCUT2D eigenvalue weighted by Crippen LogP contribution is 2.28. The Labute approximate surface area is 200 Å². The Bertz CT molecular complexity index is 1160. The van der Waals surface area contributed by atoms with Crippen LogP contribution in [0, 0.1) is 10.1 Å². The Balaban J connectivity index is 1.57. The molecule has 0 saturated carbocycles. The quantitative estimate of drug-likeness (QED) is 0.251. The van der Waals surface area contributed by atoms with Crippen LogP contribution in [-0.2, 0) is 4.79 Å². The summed E-state index contributed by atoms with van der Waals surface area (Å²) in [5.41, 5.74) is 1.36. The molecule has 0 spiro atoms. The number of nitro benzene ring substituents is 1. The first-order valence-corrected chi connectivity index (χ1v) is 11.0.